The fourth-order valence-electron chi connectivity index (χ4n) is 2.11. The standard InChI is InChI=1S/C13H16BrN3/c1-9-2-3-11-16-10(12(14)17(11)8-9)4-5-13(15)6-7-13/h2-3,8H,4-7,15H2,1H3. The predicted molar refractivity (Wildman–Crippen MR) is 72.1 cm³/mol. The summed E-state index contributed by atoms with van der Waals surface area (Å²) in [5, 5.41) is 0. The Balaban J connectivity index is 1.91. The molecule has 1 aliphatic rings. The van der Waals surface area contributed by atoms with Crippen molar-refractivity contribution in [2.75, 3.05) is 0 Å². The van der Waals surface area contributed by atoms with Gasteiger partial charge in [-0.3, -0.25) is 4.40 Å². The normalized spacial score (nSPS) is 17.6. The third kappa shape index (κ3) is 2.11. The molecule has 0 aliphatic heterocycles. The minimum Gasteiger partial charge on any atom is -0.325 e. The van der Waals surface area contributed by atoms with Gasteiger partial charge >= 0.3 is 0 Å². The molecule has 1 fully saturated rings. The first-order valence-electron chi connectivity index (χ1n) is 5.99. The van der Waals surface area contributed by atoms with Crippen molar-refractivity contribution >= 4 is 21.6 Å². The Kier molecular flexibility index (Phi) is 2.52. The van der Waals surface area contributed by atoms with Gasteiger partial charge in [0.1, 0.15) is 10.3 Å². The molecule has 0 bridgehead atoms. The summed E-state index contributed by atoms with van der Waals surface area (Å²) in [6.45, 7) is 2.09. The van der Waals surface area contributed by atoms with Crippen molar-refractivity contribution in [3.05, 3.63) is 34.2 Å². The molecule has 4 heteroatoms. The van der Waals surface area contributed by atoms with Crippen molar-refractivity contribution < 1.29 is 0 Å². The summed E-state index contributed by atoms with van der Waals surface area (Å²) in [5.41, 5.74) is 9.57. The van der Waals surface area contributed by atoms with Gasteiger partial charge in [-0.15, -0.1) is 0 Å². The maximum absolute atomic E-state index is 6.11. The Morgan fingerprint density at radius 2 is 2.24 bits per heavy atom. The Bertz CT molecular complexity index is 569. The summed E-state index contributed by atoms with van der Waals surface area (Å²) >= 11 is 3.63. The number of rotatable bonds is 3. The molecule has 3 rings (SSSR count). The third-order valence-corrected chi connectivity index (χ3v) is 4.37. The van der Waals surface area contributed by atoms with Crippen LogP contribution < -0.4 is 5.73 Å². The van der Waals surface area contributed by atoms with Gasteiger partial charge in [-0.1, -0.05) is 6.07 Å². The second-order valence-electron chi connectivity index (χ2n) is 5.15. The lowest BCUT2D eigenvalue weighted by molar-refractivity contribution is 0.603. The Morgan fingerprint density at radius 1 is 1.47 bits per heavy atom. The summed E-state index contributed by atoms with van der Waals surface area (Å²) in [7, 11) is 0. The van der Waals surface area contributed by atoms with Crippen LogP contribution in [0, 0.1) is 6.92 Å². The van der Waals surface area contributed by atoms with E-state index in [2.05, 4.69) is 50.6 Å². The number of hydrogen-bond donors (Lipinski definition) is 1. The number of fused-ring (bicyclic) bond motifs is 1. The zero-order valence-corrected chi connectivity index (χ0v) is 11.5. The third-order valence-electron chi connectivity index (χ3n) is 3.53. The van der Waals surface area contributed by atoms with E-state index in [0.717, 1.165) is 41.6 Å². The lowest BCUT2D eigenvalue weighted by atomic mass is 10.1. The number of halogens is 1. The highest BCUT2D eigenvalue weighted by molar-refractivity contribution is 9.10. The van der Waals surface area contributed by atoms with E-state index in [1.807, 2.05) is 0 Å². The van der Waals surface area contributed by atoms with Crippen molar-refractivity contribution in [2.24, 2.45) is 5.73 Å². The smallest absolute Gasteiger partial charge is 0.137 e. The van der Waals surface area contributed by atoms with E-state index in [0.29, 0.717) is 0 Å². The molecule has 0 spiro atoms. The van der Waals surface area contributed by atoms with Crippen molar-refractivity contribution in [3.8, 4) is 0 Å². The van der Waals surface area contributed by atoms with Gasteiger partial charge < -0.3 is 5.73 Å². The molecule has 0 radical (unpaired) electrons. The SMILES string of the molecule is Cc1ccc2nc(CCC3(N)CC3)c(Br)n2c1. The molecular weight excluding hydrogens is 278 g/mol. The molecule has 0 atom stereocenters. The van der Waals surface area contributed by atoms with E-state index < -0.39 is 0 Å². The first-order chi connectivity index (χ1) is 8.07. The monoisotopic (exact) mass is 293 g/mol. The van der Waals surface area contributed by atoms with Crippen LogP contribution in [0.3, 0.4) is 0 Å². The first-order valence-corrected chi connectivity index (χ1v) is 6.79. The molecule has 3 nitrogen and oxygen atoms in total. The van der Waals surface area contributed by atoms with E-state index in [-0.39, 0.29) is 5.54 Å². The summed E-state index contributed by atoms with van der Waals surface area (Å²) in [6.07, 6.45) is 6.42. The quantitative estimate of drug-likeness (QED) is 0.946. The summed E-state index contributed by atoms with van der Waals surface area (Å²) in [6, 6.07) is 4.14. The lowest BCUT2D eigenvalue weighted by Crippen LogP contribution is -2.22. The van der Waals surface area contributed by atoms with Gasteiger partial charge in [-0.05, 0) is 60.2 Å². The van der Waals surface area contributed by atoms with Gasteiger partial charge in [0, 0.05) is 11.7 Å². The number of aryl methyl sites for hydroxylation is 2. The molecule has 0 saturated heterocycles. The van der Waals surface area contributed by atoms with Crippen LogP contribution in [0.5, 0.6) is 0 Å². The van der Waals surface area contributed by atoms with E-state index in [1.165, 1.54) is 5.56 Å². The van der Waals surface area contributed by atoms with Crippen molar-refractivity contribution in [2.45, 2.75) is 38.1 Å². The second kappa shape index (κ2) is 3.82. The van der Waals surface area contributed by atoms with Crippen molar-refractivity contribution in [3.63, 3.8) is 0 Å². The van der Waals surface area contributed by atoms with Gasteiger partial charge in [-0.25, -0.2) is 4.98 Å². The number of nitrogens with zero attached hydrogens (tertiary/aromatic N) is 2. The summed E-state index contributed by atoms with van der Waals surface area (Å²) in [5.74, 6) is 0. The molecule has 0 unspecified atom stereocenters. The molecule has 0 aromatic carbocycles. The molecular formula is C13H16BrN3. The van der Waals surface area contributed by atoms with Gasteiger partial charge in [0.2, 0.25) is 0 Å². The molecule has 2 aromatic rings. The maximum atomic E-state index is 6.11. The van der Waals surface area contributed by atoms with Crippen LogP contribution in [0.15, 0.2) is 22.9 Å². The number of imidazole rings is 1. The fraction of sp³-hybridized carbons (Fsp3) is 0.462. The number of nitrogens with two attached hydrogens (primary N) is 1. The largest absolute Gasteiger partial charge is 0.325 e. The van der Waals surface area contributed by atoms with Gasteiger partial charge in [0.15, 0.2) is 0 Å². The van der Waals surface area contributed by atoms with E-state index in [1.54, 1.807) is 0 Å². The van der Waals surface area contributed by atoms with Gasteiger partial charge in [0.05, 0.1) is 5.69 Å². The second-order valence-corrected chi connectivity index (χ2v) is 5.90. The molecule has 2 aromatic heterocycles. The minimum absolute atomic E-state index is 0.102. The molecule has 0 amide bonds. The van der Waals surface area contributed by atoms with Crippen molar-refractivity contribution in [1.29, 1.82) is 0 Å². The fourth-order valence-corrected chi connectivity index (χ4v) is 2.68. The number of aromatic nitrogens is 2. The highest BCUT2D eigenvalue weighted by atomic mass is 79.9. The van der Waals surface area contributed by atoms with Gasteiger partial charge in [0.25, 0.3) is 0 Å². The average Bonchev–Trinajstić information content (AvgIpc) is 2.95. The maximum Gasteiger partial charge on any atom is 0.137 e. The van der Waals surface area contributed by atoms with Crippen LogP contribution in [0.25, 0.3) is 5.65 Å². The van der Waals surface area contributed by atoms with Crippen LogP contribution in [-0.2, 0) is 6.42 Å². The van der Waals surface area contributed by atoms with Crippen LogP contribution in [0.1, 0.15) is 30.5 Å². The van der Waals surface area contributed by atoms with E-state index >= 15 is 0 Å². The molecule has 17 heavy (non-hydrogen) atoms. The Labute approximate surface area is 109 Å². The zero-order valence-electron chi connectivity index (χ0n) is 9.91. The van der Waals surface area contributed by atoms with Crippen LogP contribution in [-0.4, -0.2) is 14.9 Å². The number of pyridine rings is 1. The van der Waals surface area contributed by atoms with Crippen LogP contribution >= 0.6 is 15.9 Å². The molecule has 1 saturated carbocycles. The van der Waals surface area contributed by atoms with Gasteiger partial charge in [-0.2, -0.15) is 0 Å². The average molecular weight is 294 g/mol. The predicted octanol–water partition coefficient (Wildman–Crippen LogP) is 2.83. The Morgan fingerprint density at radius 3 is 2.94 bits per heavy atom. The molecule has 2 N–H and O–H groups in total. The van der Waals surface area contributed by atoms with E-state index in [9.17, 15) is 0 Å². The van der Waals surface area contributed by atoms with E-state index in [4.69, 9.17) is 5.73 Å². The minimum atomic E-state index is 0.102. The van der Waals surface area contributed by atoms with Crippen LogP contribution in [0.4, 0.5) is 0 Å². The zero-order chi connectivity index (χ0) is 12.0. The molecule has 1 aliphatic carbocycles. The topological polar surface area (TPSA) is 43.3 Å². The summed E-state index contributed by atoms with van der Waals surface area (Å²) < 4.78 is 3.17. The highest BCUT2D eigenvalue weighted by Crippen LogP contribution is 2.37. The first kappa shape index (κ1) is 11.2. The molecule has 90 valence electrons. The summed E-state index contributed by atoms with van der Waals surface area (Å²) in [4.78, 5) is 4.64. The van der Waals surface area contributed by atoms with Crippen molar-refractivity contribution in [1.82, 2.24) is 9.38 Å². The lowest BCUT2D eigenvalue weighted by Gasteiger charge is -2.05. The Hall–Kier alpha value is -0.870. The number of hydrogen-bond acceptors (Lipinski definition) is 2. The van der Waals surface area contributed by atoms with Crippen LogP contribution in [0.2, 0.25) is 0 Å². The molecule has 2 heterocycles. The highest BCUT2D eigenvalue weighted by Gasteiger charge is 2.37.